The summed E-state index contributed by atoms with van der Waals surface area (Å²) in [7, 11) is 1.60. The Labute approximate surface area is 225 Å². The monoisotopic (exact) mass is 522 g/mol. The number of imide groups is 1. The number of fused-ring (bicyclic) bond motifs is 1. The van der Waals surface area contributed by atoms with Crippen molar-refractivity contribution in [2.24, 2.45) is 15.4 Å². The Morgan fingerprint density at radius 1 is 0.949 bits per heavy atom. The van der Waals surface area contributed by atoms with Crippen LogP contribution in [0.5, 0.6) is 5.75 Å². The van der Waals surface area contributed by atoms with Crippen LogP contribution in [-0.2, 0) is 14.4 Å². The molecule has 6 rings (SSSR count). The number of para-hydroxylation sites is 1. The normalized spacial score (nSPS) is 21.9. The second-order valence-electron chi connectivity index (χ2n) is 9.68. The zero-order valence-corrected chi connectivity index (χ0v) is 21.5. The highest BCUT2D eigenvalue weighted by Gasteiger charge is 2.55. The van der Waals surface area contributed by atoms with Gasteiger partial charge in [0.2, 0.25) is 0 Å². The molecule has 3 atom stereocenters. The standard InChI is InChI=1S/C29H26N6O4/c1-18-8-10-19(11-9-18)23-16-24(20-12-14-22(39-2)15-13-20)35(31-23)25(36)17-33-27-26(30-32-33)28(37)34(29(27)38)21-6-4-3-5-7-21/h3-15,24,26-27H,16-17H2,1-2H3/t24-,26+,27-/m0/s1. The fourth-order valence-electron chi connectivity index (χ4n) is 5.14. The van der Waals surface area contributed by atoms with Gasteiger partial charge in [-0.15, -0.1) is 0 Å². The molecule has 10 nitrogen and oxygen atoms in total. The van der Waals surface area contributed by atoms with E-state index in [9.17, 15) is 14.4 Å². The fourth-order valence-corrected chi connectivity index (χ4v) is 5.14. The van der Waals surface area contributed by atoms with E-state index in [1.165, 1.54) is 10.0 Å². The number of ether oxygens (including phenoxy) is 1. The van der Waals surface area contributed by atoms with Crippen molar-refractivity contribution in [1.29, 1.82) is 0 Å². The van der Waals surface area contributed by atoms with E-state index in [0.29, 0.717) is 17.9 Å². The van der Waals surface area contributed by atoms with Crippen LogP contribution < -0.4 is 9.64 Å². The molecule has 39 heavy (non-hydrogen) atoms. The zero-order valence-electron chi connectivity index (χ0n) is 21.5. The van der Waals surface area contributed by atoms with Gasteiger partial charge in [-0.2, -0.15) is 10.2 Å². The number of rotatable bonds is 6. The summed E-state index contributed by atoms with van der Waals surface area (Å²) in [6.45, 7) is 1.77. The first-order chi connectivity index (χ1) is 18.9. The van der Waals surface area contributed by atoms with Gasteiger partial charge in [-0.1, -0.05) is 65.4 Å². The first-order valence-electron chi connectivity index (χ1n) is 12.7. The van der Waals surface area contributed by atoms with Gasteiger partial charge in [0, 0.05) is 6.42 Å². The van der Waals surface area contributed by atoms with Gasteiger partial charge < -0.3 is 4.74 Å². The molecule has 196 valence electrons. The molecule has 10 heteroatoms. The Balaban J connectivity index is 1.26. The van der Waals surface area contributed by atoms with Gasteiger partial charge >= 0.3 is 0 Å². The summed E-state index contributed by atoms with van der Waals surface area (Å²) in [5.74, 6) is -0.543. The highest BCUT2D eigenvalue weighted by atomic mass is 16.5. The first-order valence-corrected chi connectivity index (χ1v) is 12.7. The number of methoxy groups -OCH3 is 1. The number of anilines is 1. The maximum Gasteiger partial charge on any atom is 0.264 e. The van der Waals surface area contributed by atoms with Crippen molar-refractivity contribution in [2.45, 2.75) is 31.5 Å². The minimum Gasteiger partial charge on any atom is -0.497 e. The van der Waals surface area contributed by atoms with Crippen molar-refractivity contribution in [2.75, 3.05) is 18.6 Å². The minimum absolute atomic E-state index is 0.246. The summed E-state index contributed by atoms with van der Waals surface area (Å²) in [5.41, 5.74) is 4.22. The quantitative estimate of drug-likeness (QED) is 0.459. The van der Waals surface area contributed by atoms with Crippen LogP contribution in [0.1, 0.15) is 29.2 Å². The average molecular weight is 523 g/mol. The summed E-state index contributed by atoms with van der Waals surface area (Å²) < 4.78 is 5.29. The molecule has 0 aromatic heterocycles. The van der Waals surface area contributed by atoms with E-state index >= 15 is 0 Å². The van der Waals surface area contributed by atoms with E-state index in [-0.39, 0.29) is 18.5 Å². The number of aryl methyl sites for hydroxylation is 1. The second-order valence-corrected chi connectivity index (χ2v) is 9.68. The number of benzene rings is 3. The molecular weight excluding hydrogens is 496 g/mol. The van der Waals surface area contributed by atoms with Gasteiger partial charge in [0.15, 0.2) is 12.1 Å². The zero-order chi connectivity index (χ0) is 27.1. The number of hydrogen-bond acceptors (Lipinski definition) is 8. The van der Waals surface area contributed by atoms with Crippen LogP contribution in [0.2, 0.25) is 0 Å². The van der Waals surface area contributed by atoms with Crippen LogP contribution in [-0.4, -0.2) is 59.2 Å². The Kier molecular flexibility index (Phi) is 6.14. The molecule has 0 bridgehead atoms. The predicted octanol–water partition coefficient (Wildman–Crippen LogP) is 3.67. The van der Waals surface area contributed by atoms with E-state index in [1.54, 1.807) is 37.4 Å². The summed E-state index contributed by atoms with van der Waals surface area (Å²) in [6.07, 6.45) is 0.522. The molecule has 3 heterocycles. The van der Waals surface area contributed by atoms with Crippen LogP contribution in [0.3, 0.4) is 0 Å². The second kappa shape index (κ2) is 9.79. The summed E-state index contributed by atoms with van der Waals surface area (Å²) in [6, 6.07) is 21.9. The number of hydrazone groups is 1. The molecule has 3 aliphatic heterocycles. The molecule has 0 radical (unpaired) electrons. The fraction of sp³-hybridized carbons (Fsp3) is 0.241. The number of nitrogens with zero attached hydrogens (tertiary/aromatic N) is 6. The maximum atomic E-state index is 13.7. The molecule has 3 aromatic carbocycles. The molecule has 3 amide bonds. The number of carbonyl (C=O) groups is 3. The third-order valence-electron chi connectivity index (χ3n) is 7.22. The average Bonchev–Trinajstić information content (AvgIpc) is 3.65. The predicted molar refractivity (Wildman–Crippen MR) is 143 cm³/mol. The molecule has 0 unspecified atom stereocenters. The molecule has 1 saturated heterocycles. The van der Waals surface area contributed by atoms with Gasteiger partial charge in [-0.3, -0.25) is 19.4 Å². The third kappa shape index (κ3) is 4.33. The van der Waals surface area contributed by atoms with Crippen molar-refractivity contribution >= 4 is 29.1 Å². The summed E-state index contributed by atoms with van der Waals surface area (Å²) >= 11 is 0. The molecule has 0 spiro atoms. The maximum absolute atomic E-state index is 13.7. The van der Waals surface area contributed by atoms with E-state index in [4.69, 9.17) is 9.84 Å². The van der Waals surface area contributed by atoms with Crippen molar-refractivity contribution < 1.29 is 19.1 Å². The van der Waals surface area contributed by atoms with Gasteiger partial charge in [-0.25, -0.2) is 9.91 Å². The SMILES string of the molecule is COc1ccc([C@@H]2CC(c3ccc(C)cc3)=NN2C(=O)CN2N=N[C@H]3C(=O)N(c4ccccc4)C(=O)[C@H]32)cc1. The lowest BCUT2D eigenvalue weighted by molar-refractivity contribution is -0.135. The summed E-state index contributed by atoms with van der Waals surface area (Å²) in [4.78, 5) is 41.1. The Morgan fingerprint density at radius 2 is 1.67 bits per heavy atom. The van der Waals surface area contributed by atoms with Gasteiger partial charge in [0.1, 0.15) is 12.3 Å². The van der Waals surface area contributed by atoms with Crippen molar-refractivity contribution in [1.82, 2.24) is 10.0 Å². The lowest BCUT2D eigenvalue weighted by atomic mass is 9.98. The smallest absolute Gasteiger partial charge is 0.264 e. The van der Waals surface area contributed by atoms with Gasteiger partial charge in [0.05, 0.1) is 24.6 Å². The van der Waals surface area contributed by atoms with Crippen molar-refractivity contribution in [3.8, 4) is 5.75 Å². The van der Waals surface area contributed by atoms with Crippen LogP contribution >= 0.6 is 0 Å². The van der Waals surface area contributed by atoms with Gasteiger partial charge in [-0.05, 0) is 42.3 Å². The number of amides is 3. The van der Waals surface area contributed by atoms with Crippen LogP contribution in [0, 0.1) is 6.92 Å². The summed E-state index contributed by atoms with van der Waals surface area (Å²) in [5, 5.41) is 15.6. The number of hydrogen-bond donors (Lipinski definition) is 0. The third-order valence-corrected chi connectivity index (χ3v) is 7.22. The minimum atomic E-state index is -0.979. The molecule has 0 N–H and O–H groups in total. The molecule has 1 fully saturated rings. The lowest BCUT2D eigenvalue weighted by Gasteiger charge is -2.25. The molecule has 0 saturated carbocycles. The van der Waals surface area contributed by atoms with Gasteiger partial charge in [0.25, 0.3) is 17.7 Å². The molecule has 0 aliphatic carbocycles. The Bertz CT molecular complexity index is 1490. The van der Waals surface area contributed by atoms with E-state index in [0.717, 1.165) is 27.3 Å². The molecule has 3 aliphatic rings. The lowest BCUT2D eigenvalue weighted by Crippen LogP contribution is -2.44. The highest BCUT2D eigenvalue weighted by molar-refractivity contribution is 6.25. The van der Waals surface area contributed by atoms with E-state index in [1.807, 2.05) is 55.5 Å². The molecule has 3 aromatic rings. The van der Waals surface area contributed by atoms with Crippen molar-refractivity contribution in [3.05, 3.63) is 95.6 Å². The van der Waals surface area contributed by atoms with E-state index in [2.05, 4.69) is 10.3 Å². The van der Waals surface area contributed by atoms with Crippen LogP contribution in [0.25, 0.3) is 0 Å². The van der Waals surface area contributed by atoms with E-state index < -0.39 is 23.9 Å². The Hall–Kier alpha value is -4.86. The van der Waals surface area contributed by atoms with Crippen LogP contribution in [0.15, 0.2) is 94.3 Å². The van der Waals surface area contributed by atoms with Crippen LogP contribution in [0.4, 0.5) is 5.69 Å². The highest BCUT2D eigenvalue weighted by Crippen LogP contribution is 2.35. The first kappa shape index (κ1) is 24.5. The van der Waals surface area contributed by atoms with Crippen molar-refractivity contribution in [3.63, 3.8) is 0 Å². The number of carbonyl (C=O) groups excluding carboxylic acids is 3. The Morgan fingerprint density at radius 3 is 2.36 bits per heavy atom. The topological polar surface area (TPSA) is 107 Å². The largest absolute Gasteiger partial charge is 0.497 e. The molecular formula is C29H26N6O4.